The van der Waals surface area contributed by atoms with Crippen LogP contribution in [-0.4, -0.2) is 45.6 Å². The molecule has 1 aliphatic heterocycles. The first-order valence-electron chi connectivity index (χ1n) is 8.85. The van der Waals surface area contributed by atoms with E-state index < -0.39 is 0 Å². The van der Waals surface area contributed by atoms with Gasteiger partial charge in [-0.15, -0.1) is 5.10 Å². The van der Waals surface area contributed by atoms with Gasteiger partial charge in [-0.1, -0.05) is 48.0 Å². The second kappa shape index (κ2) is 7.53. The quantitative estimate of drug-likeness (QED) is 0.660. The van der Waals surface area contributed by atoms with E-state index in [1.807, 2.05) is 22.9 Å². The number of nitrogens with zero attached hydrogens (tertiary/aromatic N) is 4. The minimum atomic E-state index is 0.681. The Bertz CT molecular complexity index is 925. The lowest BCUT2D eigenvalue weighted by atomic mass is 10.2. The summed E-state index contributed by atoms with van der Waals surface area (Å²) in [6.07, 6.45) is 0. The van der Waals surface area contributed by atoms with Crippen molar-refractivity contribution in [2.75, 3.05) is 26.3 Å². The number of hydrogen-bond acceptors (Lipinski definition) is 4. The molecule has 3 aromatic rings. The van der Waals surface area contributed by atoms with Crippen LogP contribution in [0, 0.1) is 11.7 Å². The number of ether oxygens (including phenoxy) is 1. The Kier molecular flexibility index (Phi) is 4.97. The van der Waals surface area contributed by atoms with Gasteiger partial charge < -0.3 is 4.74 Å². The number of morpholine rings is 1. The Balaban J connectivity index is 1.79. The minimum absolute atomic E-state index is 0.681. The molecule has 4 rings (SSSR count). The third kappa shape index (κ3) is 3.49. The van der Waals surface area contributed by atoms with Gasteiger partial charge in [-0.2, -0.15) is 0 Å². The zero-order valence-corrected chi connectivity index (χ0v) is 15.7. The van der Waals surface area contributed by atoms with Crippen molar-refractivity contribution in [2.45, 2.75) is 13.6 Å². The molecule has 0 spiro atoms. The van der Waals surface area contributed by atoms with Gasteiger partial charge in [0.2, 0.25) is 4.77 Å². The van der Waals surface area contributed by atoms with Gasteiger partial charge in [0.25, 0.3) is 0 Å². The van der Waals surface area contributed by atoms with E-state index in [0.717, 1.165) is 43.4 Å². The molecule has 0 unspecified atom stereocenters. The van der Waals surface area contributed by atoms with Gasteiger partial charge in [-0.3, -0.25) is 9.47 Å². The molecule has 5 nitrogen and oxygen atoms in total. The number of benzene rings is 2. The fraction of sp³-hybridized carbons (Fsp3) is 0.300. The lowest BCUT2D eigenvalue weighted by Gasteiger charge is -2.26. The second-order valence-corrected chi connectivity index (χ2v) is 6.88. The van der Waals surface area contributed by atoms with Gasteiger partial charge in [0, 0.05) is 24.3 Å². The first-order chi connectivity index (χ1) is 12.7. The van der Waals surface area contributed by atoms with Gasteiger partial charge in [0.05, 0.1) is 19.9 Å². The van der Waals surface area contributed by atoms with Gasteiger partial charge >= 0.3 is 0 Å². The number of hydrogen-bond donors (Lipinski definition) is 0. The molecule has 0 saturated carbocycles. The van der Waals surface area contributed by atoms with Crippen LogP contribution in [0.5, 0.6) is 0 Å². The van der Waals surface area contributed by atoms with E-state index in [-0.39, 0.29) is 0 Å². The summed E-state index contributed by atoms with van der Waals surface area (Å²) in [5.74, 6) is 0.868. The average molecular weight is 366 g/mol. The number of aryl methyl sites for hydroxylation is 1. The molecule has 2 heterocycles. The van der Waals surface area contributed by atoms with E-state index in [9.17, 15) is 0 Å². The standard InChI is InChI=1S/C20H22N4OS/c1-16-7-9-18(10-8-16)24-19(17-5-3-2-4-6-17)21-23(20(24)26)15-22-11-13-25-14-12-22/h2-10H,11-15H2,1H3. The zero-order valence-electron chi connectivity index (χ0n) is 14.8. The molecule has 0 N–H and O–H groups in total. The minimum Gasteiger partial charge on any atom is -0.379 e. The van der Waals surface area contributed by atoms with E-state index >= 15 is 0 Å². The third-order valence-electron chi connectivity index (χ3n) is 4.60. The molecule has 6 heteroatoms. The first-order valence-corrected chi connectivity index (χ1v) is 9.25. The summed E-state index contributed by atoms with van der Waals surface area (Å²) < 4.78 is 10.1. The van der Waals surface area contributed by atoms with Crippen LogP contribution >= 0.6 is 12.2 Å². The Hall–Kier alpha value is -2.28. The van der Waals surface area contributed by atoms with Gasteiger partial charge in [0.15, 0.2) is 5.82 Å². The summed E-state index contributed by atoms with van der Waals surface area (Å²) in [5.41, 5.74) is 3.31. The topological polar surface area (TPSA) is 35.2 Å². The molecule has 1 aromatic heterocycles. The number of rotatable bonds is 4. The third-order valence-corrected chi connectivity index (χ3v) is 4.99. The summed E-state index contributed by atoms with van der Waals surface area (Å²) in [4.78, 5) is 2.32. The Morgan fingerprint density at radius 3 is 2.38 bits per heavy atom. The summed E-state index contributed by atoms with van der Waals surface area (Å²) in [7, 11) is 0. The number of aromatic nitrogens is 3. The second-order valence-electron chi connectivity index (χ2n) is 6.51. The van der Waals surface area contributed by atoms with Crippen LogP contribution < -0.4 is 0 Å². The highest BCUT2D eigenvalue weighted by Crippen LogP contribution is 2.23. The van der Waals surface area contributed by atoms with E-state index in [4.69, 9.17) is 22.1 Å². The maximum absolute atomic E-state index is 5.80. The molecule has 1 fully saturated rings. The highest BCUT2D eigenvalue weighted by molar-refractivity contribution is 7.71. The van der Waals surface area contributed by atoms with Crippen molar-refractivity contribution in [3.8, 4) is 17.1 Å². The maximum atomic E-state index is 5.80. The fourth-order valence-electron chi connectivity index (χ4n) is 3.13. The summed E-state index contributed by atoms with van der Waals surface area (Å²) in [5, 5.41) is 4.87. The molecular weight excluding hydrogens is 344 g/mol. The molecule has 0 atom stereocenters. The molecule has 0 bridgehead atoms. The van der Waals surface area contributed by atoms with E-state index in [1.165, 1.54) is 5.56 Å². The van der Waals surface area contributed by atoms with E-state index in [0.29, 0.717) is 11.4 Å². The smallest absolute Gasteiger partial charge is 0.204 e. The summed E-state index contributed by atoms with van der Waals surface area (Å²) in [6.45, 7) is 6.10. The monoisotopic (exact) mass is 366 g/mol. The van der Waals surface area contributed by atoms with Crippen LogP contribution in [0.3, 0.4) is 0 Å². The summed E-state index contributed by atoms with van der Waals surface area (Å²) >= 11 is 5.80. The Morgan fingerprint density at radius 2 is 1.69 bits per heavy atom. The molecular formula is C20H22N4OS. The molecule has 2 aromatic carbocycles. The average Bonchev–Trinajstić information content (AvgIpc) is 3.00. The van der Waals surface area contributed by atoms with Crippen molar-refractivity contribution in [1.82, 2.24) is 19.2 Å². The normalized spacial score (nSPS) is 15.3. The highest BCUT2D eigenvalue weighted by atomic mass is 32.1. The van der Waals surface area contributed by atoms with Crippen LogP contribution in [0.2, 0.25) is 0 Å². The van der Waals surface area contributed by atoms with Crippen molar-refractivity contribution in [2.24, 2.45) is 0 Å². The highest BCUT2D eigenvalue weighted by Gasteiger charge is 2.17. The van der Waals surface area contributed by atoms with Crippen molar-refractivity contribution >= 4 is 12.2 Å². The van der Waals surface area contributed by atoms with Gasteiger partial charge in [0.1, 0.15) is 0 Å². The molecule has 26 heavy (non-hydrogen) atoms. The maximum Gasteiger partial charge on any atom is 0.204 e. The lowest BCUT2D eigenvalue weighted by molar-refractivity contribution is 0.0210. The van der Waals surface area contributed by atoms with Gasteiger partial charge in [-0.05, 0) is 31.3 Å². The van der Waals surface area contributed by atoms with Crippen LogP contribution in [0.25, 0.3) is 17.1 Å². The SMILES string of the molecule is Cc1ccc(-n2c(-c3ccccc3)nn(CN3CCOCC3)c2=S)cc1. The molecule has 0 amide bonds. The first kappa shape index (κ1) is 17.1. The Labute approximate surface area is 158 Å². The summed E-state index contributed by atoms with van der Waals surface area (Å²) in [6, 6.07) is 18.6. The van der Waals surface area contributed by atoms with Crippen LogP contribution in [0.4, 0.5) is 0 Å². The van der Waals surface area contributed by atoms with Crippen molar-refractivity contribution in [1.29, 1.82) is 0 Å². The fourth-order valence-corrected chi connectivity index (χ4v) is 3.42. The van der Waals surface area contributed by atoms with Crippen molar-refractivity contribution in [3.63, 3.8) is 0 Å². The molecule has 1 saturated heterocycles. The van der Waals surface area contributed by atoms with Crippen molar-refractivity contribution < 1.29 is 4.74 Å². The van der Waals surface area contributed by atoms with Crippen molar-refractivity contribution in [3.05, 3.63) is 64.9 Å². The van der Waals surface area contributed by atoms with Crippen LogP contribution in [0.15, 0.2) is 54.6 Å². The van der Waals surface area contributed by atoms with E-state index in [1.54, 1.807) is 0 Å². The van der Waals surface area contributed by atoms with Crippen LogP contribution in [-0.2, 0) is 11.4 Å². The zero-order chi connectivity index (χ0) is 17.9. The predicted molar refractivity (Wildman–Crippen MR) is 105 cm³/mol. The van der Waals surface area contributed by atoms with Gasteiger partial charge in [-0.25, -0.2) is 4.68 Å². The molecule has 0 aliphatic carbocycles. The Morgan fingerprint density at radius 1 is 1.00 bits per heavy atom. The molecule has 134 valence electrons. The largest absolute Gasteiger partial charge is 0.379 e. The molecule has 1 aliphatic rings. The molecule has 0 radical (unpaired) electrons. The predicted octanol–water partition coefficient (Wildman–Crippen LogP) is 3.67. The lowest BCUT2D eigenvalue weighted by Crippen LogP contribution is -2.37. The van der Waals surface area contributed by atoms with E-state index in [2.05, 4.69) is 52.8 Å². The van der Waals surface area contributed by atoms with Crippen LogP contribution in [0.1, 0.15) is 5.56 Å².